The van der Waals surface area contributed by atoms with Gasteiger partial charge in [-0.3, -0.25) is 4.79 Å². The maximum atomic E-state index is 14.3. The van der Waals surface area contributed by atoms with Gasteiger partial charge in [0.2, 0.25) is 12.7 Å². The number of aromatic nitrogens is 4. The molecule has 2 aliphatic heterocycles. The van der Waals surface area contributed by atoms with Crippen molar-refractivity contribution in [2.75, 3.05) is 25.6 Å². The van der Waals surface area contributed by atoms with Crippen molar-refractivity contribution < 1.29 is 18.7 Å². The lowest BCUT2D eigenvalue weighted by Gasteiger charge is -2.31. The number of aryl methyl sites for hydroxylation is 1. The summed E-state index contributed by atoms with van der Waals surface area (Å²) >= 11 is 0. The van der Waals surface area contributed by atoms with Crippen molar-refractivity contribution in [2.24, 2.45) is 5.92 Å². The van der Waals surface area contributed by atoms with Crippen LogP contribution in [0.2, 0.25) is 0 Å². The van der Waals surface area contributed by atoms with Crippen LogP contribution in [0.3, 0.4) is 0 Å². The fourth-order valence-electron chi connectivity index (χ4n) is 5.44. The number of hydrogen-bond donors (Lipinski definition) is 1. The number of nitrogen functional groups attached to an aromatic ring is 1. The second-order valence-corrected chi connectivity index (χ2v) is 9.87. The second kappa shape index (κ2) is 9.92. The summed E-state index contributed by atoms with van der Waals surface area (Å²) in [7, 11) is 0. The van der Waals surface area contributed by atoms with Gasteiger partial charge in [0.15, 0.2) is 28.5 Å². The highest BCUT2D eigenvalue weighted by molar-refractivity contribution is 5.82. The van der Waals surface area contributed by atoms with E-state index in [1.165, 1.54) is 0 Å². The lowest BCUT2D eigenvalue weighted by Crippen LogP contribution is -2.37. The van der Waals surface area contributed by atoms with Crippen LogP contribution in [0.5, 0.6) is 11.5 Å². The number of nitrogens with two attached hydrogens (primary N) is 1. The molecule has 9 nitrogen and oxygen atoms in total. The fourth-order valence-corrected chi connectivity index (χ4v) is 5.44. The molecule has 0 saturated carbocycles. The standard InChI is InChI=1S/C28H29FN6O3/c1-17(36)34-10-7-18(8-11-34)9-12-35-24(31-25-26(30)32-28(29)33-27(25)35)14-20-13-22-23(38-16-37-22)15-21(20)19-5-3-2-4-6-19/h2-6,13,15,18H,7-12,14,16H2,1H3,(H2,30,32,33). The van der Waals surface area contributed by atoms with E-state index in [9.17, 15) is 9.18 Å². The molecule has 6 rings (SSSR count). The first-order valence-electron chi connectivity index (χ1n) is 12.9. The van der Waals surface area contributed by atoms with Gasteiger partial charge >= 0.3 is 6.08 Å². The first-order chi connectivity index (χ1) is 18.5. The summed E-state index contributed by atoms with van der Waals surface area (Å²) < 4.78 is 27.5. The number of halogens is 1. The Morgan fingerprint density at radius 3 is 2.55 bits per heavy atom. The number of ether oxygens (including phenoxy) is 2. The Kier molecular flexibility index (Phi) is 6.30. The van der Waals surface area contributed by atoms with E-state index >= 15 is 0 Å². The Morgan fingerprint density at radius 1 is 1.08 bits per heavy atom. The number of carbonyl (C=O) groups is 1. The van der Waals surface area contributed by atoms with Gasteiger partial charge in [-0.05, 0) is 54.0 Å². The number of hydrogen-bond acceptors (Lipinski definition) is 7. The number of fused-ring (bicyclic) bond motifs is 2. The molecule has 0 bridgehead atoms. The van der Waals surface area contributed by atoms with Gasteiger partial charge in [0.05, 0.1) is 0 Å². The molecule has 1 saturated heterocycles. The topological polar surface area (TPSA) is 108 Å². The van der Waals surface area contributed by atoms with Crippen molar-refractivity contribution in [2.45, 2.75) is 39.2 Å². The quantitative estimate of drug-likeness (QED) is 0.383. The summed E-state index contributed by atoms with van der Waals surface area (Å²) in [6.07, 6.45) is 2.33. The molecular weight excluding hydrogens is 487 g/mol. The molecule has 38 heavy (non-hydrogen) atoms. The number of amides is 1. The zero-order chi connectivity index (χ0) is 26.2. The maximum Gasteiger partial charge on any atom is 0.312 e. The van der Waals surface area contributed by atoms with Crippen LogP contribution in [-0.2, 0) is 17.8 Å². The van der Waals surface area contributed by atoms with Crippen LogP contribution >= 0.6 is 0 Å². The number of piperidine rings is 1. The summed E-state index contributed by atoms with van der Waals surface area (Å²) in [5, 5.41) is 0. The zero-order valence-corrected chi connectivity index (χ0v) is 21.2. The number of likely N-dealkylation sites (tertiary alicyclic amines) is 1. The number of rotatable bonds is 6. The third-order valence-corrected chi connectivity index (χ3v) is 7.53. The average molecular weight is 517 g/mol. The lowest BCUT2D eigenvalue weighted by atomic mass is 9.93. The Morgan fingerprint density at radius 2 is 1.82 bits per heavy atom. The predicted octanol–water partition coefficient (Wildman–Crippen LogP) is 4.18. The van der Waals surface area contributed by atoms with Crippen LogP contribution in [0.25, 0.3) is 22.3 Å². The van der Waals surface area contributed by atoms with E-state index in [0.717, 1.165) is 54.9 Å². The van der Waals surface area contributed by atoms with Crippen LogP contribution in [0, 0.1) is 12.0 Å². The molecule has 4 heterocycles. The van der Waals surface area contributed by atoms with Gasteiger partial charge in [-0.2, -0.15) is 14.4 Å². The third kappa shape index (κ3) is 4.62. The van der Waals surface area contributed by atoms with Gasteiger partial charge in [0.25, 0.3) is 0 Å². The van der Waals surface area contributed by atoms with Crippen molar-refractivity contribution >= 4 is 22.9 Å². The smallest absolute Gasteiger partial charge is 0.312 e. The summed E-state index contributed by atoms with van der Waals surface area (Å²) in [6, 6.07) is 14.1. The molecule has 196 valence electrons. The van der Waals surface area contributed by atoms with E-state index in [2.05, 4.69) is 22.1 Å². The van der Waals surface area contributed by atoms with Crippen molar-refractivity contribution in [3.8, 4) is 22.6 Å². The van der Waals surface area contributed by atoms with E-state index in [0.29, 0.717) is 41.5 Å². The van der Waals surface area contributed by atoms with Crippen LogP contribution in [-0.4, -0.2) is 50.2 Å². The predicted molar refractivity (Wildman–Crippen MR) is 140 cm³/mol. The molecule has 4 aromatic rings. The second-order valence-electron chi connectivity index (χ2n) is 9.87. The van der Waals surface area contributed by atoms with Gasteiger partial charge in [-0.1, -0.05) is 30.3 Å². The van der Waals surface area contributed by atoms with E-state index in [4.69, 9.17) is 20.2 Å². The summed E-state index contributed by atoms with van der Waals surface area (Å²) in [4.78, 5) is 26.2. The highest BCUT2D eigenvalue weighted by Crippen LogP contribution is 2.40. The molecule has 0 aliphatic carbocycles. The van der Waals surface area contributed by atoms with Crippen LogP contribution in [0.4, 0.5) is 10.2 Å². The lowest BCUT2D eigenvalue weighted by molar-refractivity contribution is -0.130. The van der Waals surface area contributed by atoms with Crippen LogP contribution < -0.4 is 15.2 Å². The summed E-state index contributed by atoms with van der Waals surface area (Å²) in [5.74, 6) is 2.71. The molecular formula is C28H29FN6O3. The molecule has 1 amide bonds. The van der Waals surface area contributed by atoms with Crippen molar-refractivity contribution in [1.29, 1.82) is 0 Å². The molecule has 10 heteroatoms. The number of benzene rings is 2. The van der Waals surface area contributed by atoms with E-state index in [1.54, 1.807) is 6.92 Å². The van der Waals surface area contributed by atoms with Gasteiger partial charge in [-0.15, -0.1) is 0 Å². The van der Waals surface area contributed by atoms with Gasteiger partial charge in [-0.25, -0.2) is 4.98 Å². The molecule has 0 unspecified atom stereocenters. The largest absolute Gasteiger partial charge is 0.454 e. The van der Waals surface area contributed by atoms with Crippen LogP contribution in [0.1, 0.15) is 37.6 Å². The third-order valence-electron chi connectivity index (χ3n) is 7.53. The Labute approximate surface area is 219 Å². The highest BCUT2D eigenvalue weighted by atomic mass is 19.1. The molecule has 2 aromatic heterocycles. The maximum absolute atomic E-state index is 14.3. The van der Waals surface area contributed by atoms with Crippen molar-refractivity contribution in [1.82, 2.24) is 24.4 Å². The monoisotopic (exact) mass is 516 g/mol. The number of imidazole rings is 1. The first-order valence-corrected chi connectivity index (χ1v) is 12.9. The molecule has 2 aliphatic rings. The SMILES string of the molecule is CC(=O)N1CCC(CCn2c(Cc3cc4c(cc3-c3ccccc3)OCO4)nc3c(N)nc(F)nc32)CC1. The van der Waals surface area contributed by atoms with Crippen LogP contribution in [0.15, 0.2) is 42.5 Å². The van der Waals surface area contributed by atoms with Gasteiger partial charge in [0, 0.05) is 33.0 Å². The average Bonchev–Trinajstić information content (AvgIpc) is 3.52. The summed E-state index contributed by atoms with van der Waals surface area (Å²) in [6.45, 7) is 3.93. The molecule has 2 aromatic carbocycles. The van der Waals surface area contributed by atoms with E-state index in [-0.39, 0.29) is 18.5 Å². The van der Waals surface area contributed by atoms with E-state index < -0.39 is 6.08 Å². The molecule has 2 N–H and O–H groups in total. The molecule has 0 spiro atoms. The van der Waals surface area contributed by atoms with Gasteiger partial charge < -0.3 is 24.7 Å². The van der Waals surface area contributed by atoms with Crippen molar-refractivity contribution in [3.05, 3.63) is 59.9 Å². The van der Waals surface area contributed by atoms with Gasteiger partial charge in [0.1, 0.15) is 5.82 Å². The molecule has 0 radical (unpaired) electrons. The Bertz CT molecular complexity index is 1500. The Hall–Kier alpha value is -4.21. The number of carbonyl (C=O) groups excluding carboxylic acids is 1. The first kappa shape index (κ1) is 24.1. The normalized spacial score (nSPS) is 15.4. The number of nitrogens with zero attached hydrogens (tertiary/aromatic N) is 5. The highest BCUT2D eigenvalue weighted by Gasteiger charge is 2.24. The molecule has 0 atom stereocenters. The minimum Gasteiger partial charge on any atom is -0.454 e. The molecule has 1 fully saturated rings. The number of anilines is 1. The fraction of sp³-hybridized carbons (Fsp3) is 0.357. The minimum absolute atomic E-state index is 0.0243. The van der Waals surface area contributed by atoms with E-state index in [1.807, 2.05) is 39.8 Å². The minimum atomic E-state index is -0.870. The Balaban J connectivity index is 1.36. The summed E-state index contributed by atoms with van der Waals surface area (Å²) in [5.41, 5.74) is 9.92. The van der Waals surface area contributed by atoms with Crippen molar-refractivity contribution in [3.63, 3.8) is 0 Å². The zero-order valence-electron chi connectivity index (χ0n) is 21.2.